The highest BCUT2D eigenvalue weighted by Crippen LogP contribution is 2.25. The van der Waals surface area contributed by atoms with Gasteiger partial charge in [-0.3, -0.25) is 0 Å². The fourth-order valence-electron chi connectivity index (χ4n) is 1.54. The third-order valence-electron chi connectivity index (χ3n) is 2.31. The molecule has 0 saturated heterocycles. The fourth-order valence-corrected chi connectivity index (χ4v) is 1.54. The number of benzene rings is 1. The average Bonchev–Trinajstić information content (AvgIpc) is 2.25. The van der Waals surface area contributed by atoms with E-state index in [1.165, 1.54) is 24.3 Å². The molecular formula is C12H13F3O2. The van der Waals surface area contributed by atoms with Crippen LogP contribution >= 0.6 is 0 Å². The van der Waals surface area contributed by atoms with Crippen molar-refractivity contribution >= 4 is 6.29 Å². The zero-order valence-corrected chi connectivity index (χ0v) is 9.33. The monoisotopic (exact) mass is 246 g/mol. The van der Waals surface area contributed by atoms with E-state index in [1.54, 1.807) is 0 Å². The number of aldehydes is 1. The van der Waals surface area contributed by atoms with Gasteiger partial charge in [0.1, 0.15) is 12.0 Å². The Kier molecular flexibility index (Phi) is 4.54. The predicted octanol–water partition coefficient (Wildman–Crippen LogP) is 3.67. The molecule has 0 aliphatic rings. The molecule has 1 rings (SSSR count). The van der Waals surface area contributed by atoms with Gasteiger partial charge in [-0.1, -0.05) is 25.5 Å². The minimum Gasteiger partial charge on any atom is -0.406 e. The van der Waals surface area contributed by atoms with E-state index in [2.05, 4.69) is 4.74 Å². The van der Waals surface area contributed by atoms with E-state index >= 15 is 0 Å². The van der Waals surface area contributed by atoms with Gasteiger partial charge in [-0.25, -0.2) is 0 Å². The van der Waals surface area contributed by atoms with E-state index in [0.717, 1.165) is 12.7 Å². The first-order chi connectivity index (χ1) is 7.96. The number of rotatable bonds is 5. The summed E-state index contributed by atoms with van der Waals surface area (Å²) in [6.45, 7) is 1.94. The average molecular weight is 246 g/mol. The summed E-state index contributed by atoms with van der Waals surface area (Å²) in [5.41, 5.74) is 0.705. The van der Waals surface area contributed by atoms with Crippen LogP contribution in [0.25, 0.3) is 0 Å². The van der Waals surface area contributed by atoms with Crippen LogP contribution in [0, 0.1) is 0 Å². The molecule has 0 spiro atoms. The predicted molar refractivity (Wildman–Crippen MR) is 56.8 cm³/mol. The second kappa shape index (κ2) is 5.70. The quantitative estimate of drug-likeness (QED) is 0.741. The third-order valence-corrected chi connectivity index (χ3v) is 2.31. The summed E-state index contributed by atoms with van der Waals surface area (Å²) in [7, 11) is 0. The van der Waals surface area contributed by atoms with Crippen LogP contribution in [0.1, 0.15) is 31.2 Å². The molecule has 1 aromatic rings. The molecule has 1 atom stereocenters. The molecule has 0 bridgehead atoms. The van der Waals surface area contributed by atoms with Crippen molar-refractivity contribution in [3.8, 4) is 5.75 Å². The highest BCUT2D eigenvalue weighted by Gasteiger charge is 2.31. The van der Waals surface area contributed by atoms with Crippen LogP contribution in [0.15, 0.2) is 24.3 Å². The second-order valence-electron chi connectivity index (χ2n) is 3.65. The maximum atomic E-state index is 11.9. The van der Waals surface area contributed by atoms with Crippen molar-refractivity contribution < 1.29 is 22.7 Å². The van der Waals surface area contributed by atoms with Crippen LogP contribution in [0.4, 0.5) is 13.2 Å². The number of carbonyl (C=O) groups excluding carboxylic acids is 1. The maximum Gasteiger partial charge on any atom is 0.573 e. The zero-order valence-electron chi connectivity index (χ0n) is 9.33. The van der Waals surface area contributed by atoms with Crippen molar-refractivity contribution in [3.05, 3.63) is 29.8 Å². The van der Waals surface area contributed by atoms with Gasteiger partial charge < -0.3 is 9.53 Å². The molecule has 0 aromatic heterocycles. The topological polar surface area (TPSA) is 26.3 Å². The summed E-state index contributed by atoms with van der Waals surface area (Å²) in [5, 5.41) is 0. The number of hydrogen-bond donors (Lipinski definition) is 0. The van der Waals surface area contributed by atoms with E-state index in [1.807, 2.05) is 6.92 Å². The zero-order chi connectivity index (χ0) is 12.9. The molecule has 0 saturated carbocycles. The van der Waals surface area contributed by atoms with Crippen LogP contribution in [-0.4, -0.2) is 12.6 Å². The Labute approximate surface area is 97.4 Å². The molecule has 94 valence electrons. The molecule has 0 aliphatic heterocycles. The molecular weight excluding hydrogens is 233 g/mol. The number of ether oxygens (including phenoxy) is 1. The summed E-state index contributed by atoms with van der Waals surface area (Å²) >= 11 is 0. The van der Waals surface area contributed by atoms with Gasteiger partial charge >= 0.3 is 6.36 Å². The first-order valence-corrected chi connectivity index (χ1v) is 5.27. The van der Waals surface area contributed by atoms with Gasteiger partial charge in [0.25, 0.3) is 0 Å². The van der Waals surface area contributed by atoms with Crippen LogP contribution in [0.2, 0.25) is 0 Å². The Morgan fingerprint density at radius 2 is 1.88 bits per heavy atom. The largest absolute Gasteiger partial charge is 0.573 e. The van der Waals surface area contributed by atoms with Gasteiger partial charge in [0.05, 0.1) is 0 Å². The van der Waals surface area contributed by atoms with Crippen LogP contribution in [0.3, 0.4) is 0 Å². The standard InChI is InChI=1S/C12H13F3O2/c1-2-3-10(8-16)9-4-6-11(7-5-9)17-12(13,14)15/h4-8,10H,2-3H2,1H3. The SMILES string of the molecule is CCCC(C=O)c1ccc(OC(F)(F)F)cc1. The maximum absolute atomic E-state index is 11.9. The van der Waals surface area contributed by atoms with Crippen molar-refractivity contribution in [1.82, 2.24) is 0 Å². The highest BCUT2D eigenvalue weighted by atomic mass is 19.4. The Hall–Kier alpha value is -1.52. The van der Waals surface area contributed by atoms with Gasteiger partial charge in [0.15, 0.2) is 0 Å². The van der Waals surface area contributed by atoms with E-state index in [-0.39, 0.29) is 11.7 Å². The summed E-state index contributed by atoms with van der Waals surface area (Å²) in [6.07, 6.45) is -2.36. The van der Waals surface area contributed by atoms with Gasteiger partial charge in [-0.15, -0.1) is 13.2 Å². The minimum absolute atomic E-state index is 0.264. The summed E-state index contributed by atoms with van der Waals surface area (Å²) in [6, 6.07) is 5.40. The second-order valence-corrected chi connectivity index (χ2v) is 3.65. The lowest BCUT2D eigenvalue weighted by Gasteiger charge is -2.12. The Balaban J connectivity index is 2.76. The summed E-state index contributed by atoms with van der Waals surface area (Å²) in [5.74, 6) is -0.540. The van der Waals surface area contributed by atoms with Crippen molar-refractivity contribution in [3.63, 3.8) is 0 Å². The molecule has 17 heavy (non-hydrogen) atoms. The molecule has 0 heterocycles. The summed E-state index contributed by atoms with van der Waals surface area (Å²) < 4.78 is 39.5. The number of hydrogen-bond acceptors (Lipinski definition) is 2. The van der Waals surface area contributed by atoms with Crippen LogP contribution in [-0.2, 0) is 4.79 Å². The smallest absolute Gasteiger partial charge is 0.406 e. The van der Waals surface area contributed by atoms with E-state index in [9.17, 15) is 18.0 Å². The highest BCUT2D eigenvalue weighted by molar-refractivity contribution is 5.62. The number of halogens is 3. The van der Waals surface area contributed by atoms with Gasteiger partial charge in [-0.05, 0) is 24.1 Å². The third kappa shape index (κ3) is 4.46. The van der Waals surface area contributed by atoms with E-state index in [4.69, 9.17) is 0 Å². The van der Waals surface area contributed by atoms with Crippen molar-refractivity contribution in [2.75, 3.05) is 0 Å². The molecule has 0 amide bonds. The number of alkyl halides is 3. The van der Waals surface area contributed by atoms with Crippen LogP contribution in [0.5, 0.6) is 5.75 Å². The van der Waals surface area contributed by atoms with Crippen LogP contribution < -0.4 is 4.74 Å². The minimum atomic E-state index is -4.69. The molecule has 0 radical (unpaired) electrons. The van der Waals surface area contributed by atoms with E-state index in [0.29, 0.717) is 12.0 Å². The van der Waals surface area contributed by atoms with Gasteiger partial charge in [0.2, 0.25) is 0 Å². The molecule has 0 N–H and O–H groups in total. The number of carbonyl (C=O) groups is 1. The van der Waals surface area contributed by atoms with Crippen molar-refractivity contribution in [1.29, 1.82) is 0 Å². The fraction of sp³-hybridized carbons (Fsp3) is 0.417. The molecule has 0 fully saturated rings. The van der Waals surface area contributed by atoms with E-state index < -0.39 is 6.36 Å². The molecule has 1 unspecified atom stereocenters. The van der Waals surface area contributed by atoms with Crippen molar-refractivity contribution in [2.24, 2.45) is 0 Å². The lowest BCUT2D eigenvalue weighted by molar-refractivity contribution is -0.274. The molecule has 5 heteroatoms. The summed E-state index contributed by atoms with van der Waals surface area (Å²) in [4.78, 5) is 10.8. The van der Waals surface area contributed by atoms with Gasteiger partial charge in [-0.2, -0.15) is 0 Å². The van der Waals surface area contributed by atoms with Gasteiger partial charge in [0, 0.05) is 5.92 Å². The first-order valence-electron chi connectivity index (χ1n) is 5.27. The Bertz CT molecular complexity index is 357. The lowest BCUT2D eigenvalue weighted by Crippen LogP contribution is -2.17. The normalized spacial score (nSPS) is 13.2. The Morgan fingerprint density at radius 3 is 2.29 bits per heavy atom. The molecule has 0 aliphatic carbocycles. The molecule has 1 aromatic carbocycles. The Morgan fingerprint density at radius 1 is 1.29 bits per heavy atom. The molecule has 2 nitrogen and oxygen atoms in total. The lowest BCUT2D eigenvalue weighted by atomic mass is 9.96. The first kappa shape index (κ1) is 13.5. The van der Waals surface area contributed by atoms with Crippen molar-refractivity contribution in [2.45, 2.75) is 32.0 Å².